The van der Waals surface area contributed by atoms with E-state index < -0.39 is 36.3 Å². The molecule has 3 rings (SSSR count). The Kier molecular flexibility index (Phi) is 6.38. The van der Waals surface area contributed by atoms with Gasteiger partial charge in [-0.1, -0.05) is 48.5 Å². The summed E-state index contributed by atoms with van der Waals surface area (Å²) in [5.74, 6) is -1.18. The van der Waals surface area contributed by atoms with Crippen molar-refractivity contribution in [3.63, 3.8) is 0 Å². The number of likely N-dealkylation sites (tertiary alicyclic amines) is 1. The molecule has 2 aromatic rings. The molecule has 4 atom stereocenters. The number of piperidine rings is 1. The standard InChI is InChI=1S/C21H23FN2O4/c1-23-20(26)18-17(22)19(25)16(28-21(27)15-10-6-3-7-11-15)13-24(18)12-14-8-4-2-5-9-14/h2-11,16-19,25H,12-13H2,1H3,(H,23,26)/t16-,17-,18+,19+/m1/s1. The van der Waals surface area contributed by atoms with Gasteiger partial charge < -0.3 is 15.2 Å². The number of esters is 1. The predicted octanol–water partition coefficient (Wildman–Crippen LogP) is 1.54. The zero-order chi connectivity index (χ0) is 20.1. The molecule has 148 valence electrons. The van der Waals surface area contributed by atoms with Gasteiger partial charge in [0.05, 0.1) is 5.56 Å². The van der Waals surface area contributed by atoms with E-state index in [1.807, 2.05) is 30.3 Å². The number of benzene rings is 2. The molecule has 0 aromatic heterocycles. The van der Waals surface area contributed by atoms with Crippen molar-refractivity contribution in [2.45, 2.75) is 31.0 Å². The van der Waals surface area contributed by atoms with Gasteiger partial charge in [0.15, 0.2) is 6.17 Å². The summed E-state index contributed by atoms with van der Waals surface area (Å²) in [7, 11) is 1.42. The first kappa shape index (κ1) is 20.0. The van der Waals surface area contributed by atoms with E-state index in [2.05, 4.69) is 5.32 Å². The van der Waals surface area contributed by atoms with Gasteiger partial charge in [-0.2, -0.15) is 0 Å². The Bertz CT molecular complexity index is 803. The number of nitrogens with zero attached hydrogens (tertiary/aromatic N) is 1. The van der Waals surface area contributed by atoms with E-state index >= 15 is 0 Å². The van der Waals surface area contributed by atoms with Crippen LogP contribution in [0, 0.1) is 0 Å². The number of carbonyl (C=O) groups is 2. The van der Waals surface area contributed by atoms with E-state index in [4.69, 9.17) is 4.74 Å². The fraction of sp³-hybridized carbons (Fsp3) is 0.333. The van der Waals surface area contributed by atoms with Crippen LogP contribution >= 0.6 is 0 Å². The second kappa shape index (κ2) is 8.95. The first-order chi connectivity index (χ1) is 13.5. The fourth-order valence-electron chi connectivity index (χ4n) is 3.37. The van der Waals surface area contributed by atoms with Gasteiger partial charge in [-0.15, -0.1) is 0 Å². The van der Waals surface area contributed by atoms with Gasteiger partial charge >= 0.3 is 5.97 Å². The zero-order valence-corrected chi connectivity index (χ0v) is 15.5. The molecule has 1 aliphatic heterocycles. The minimum absolute atomic E-state index is 0.0349. The third-order valence-electron chi connectivity index (χ3n) is 4.83. The Balaban J connectivity index is 1.81. The number of aliphatic hydroxyl groups is 1. The van der Waals surface area contributed by atoms with Crippen molar-refractivity contribution < 1.29 is 23.8 Å². The van der Waals surface area contributed by atoms with Crippen molar-refractivity contribution in [1.29, 1.82) is 0 Å². The molecule has 0 saturated carbocycles. The van der Waals surface area contributed by atoms with Crippen LogP contribution in [0.4, 0.5) is 4.39 Å². The average Bonchev–Trinajstić information content (AvgIpc) is 2.73. The van der Waals surface area contributed by atoms with Gasteiger partial charge in [0.2, 0.25) is 5.91 Å². The highest BCUT2D eigenvalue weighted by atomic mass is 19.1. The molecule has 28 heavy (non-hydrogen) atoms. The van der Waals surface area contributed by atoms with Crippen LogP contribution in [-0.2, 0) is 16.1 Å². The molecule has 0 bridgehead atoms. The third-order valence-corrected chi connectivity index (χ3v) is 4.83. The molecule has 0 spiro atoms. The number of nitrogens with one attached hydrogen (secondary N) is 1. The number of hydrogen-bond donors (Lipinski definition) is 2. The van der Waals surface area contributed by atoms with E-state index in [0.717, 1.165) is 5.56 Å². The van der Waals surface area contributed by atoms with Crippen LogP contribution in [0.1, 0.15) is 15.9 Å². The van der Waals surface area contributed by atoms with Gasteiger partial charge in [0.1, 0.15) is 18.2 Å². The molecule has 2 N–H and O–H groups in total. The Morgan fingerprint density at radius 2 is 1.75 bits per heavy atom. The van der Waals surface area contributed by atoms with Crippen molar-refractivity contribution in [2.75, 3.05) is 13.6 Å². The minimum atomic E-state index is -1.90. The topological polar surface area (TPSA) is 78.9 Å². The third kappa shape index (κ3) is 4.37. The second-order valence-corrected chi connectivity index (χ2v) is 6.72. The summed E-state index contributed by atoms with van der Waals surface area (Å²) in [6, 6.07) is 16.4. The number of likely N-dealkylation sites (N-methyl/N-ethyl adjacent to an activating group) is 1. The molecular weight excluding hydrogens is 363 g/mol. The molecule has 0 radical (unpaired) electrons. The number of carbonyl (C=O) groups excluding carboxylic acids is 2. The number of amides is 1. The van der Waals surface area contributed by atoms with E-state index in [1.54, 1.807) is 35.2 Å². The molecule has 2 aromatic carbocycles. The molecule has 1 heterocycles. The average molecular weight is 386 g/mol. The molecule has 1 amide bonds. The number of rotatable bonds is 5. The second-order valence-electron chi connectivity index (χ2n) is 6.72. The Morgan fingerprint density at radius 3 is 2.36 bits per heavy atom. The lowest BCUT2D eigenvalue weighted by atomic mass is 9.93. The highest BCUT2D eigenvalue weighted by molar-refractivity contribution is 5.89. The van der Waals surface area contributed by atoms with Crippen molar-refractivity contribution in [3.05, 3.63) is 71.8 Å². The fourth-order valence-corrected chi connectivity index (χ4v) is 3.37. The van der Waals surface area contributed by atoms with Gasteiger partial charge in [-0.25, -0.2) is 9.18 Å². The van der Waals surface area contributed by atoms with Crippen LogP contribution in [0.5, 0.6) is 0 Å². The maximum absolute atomic E-state index is 15.0. The normalized spacial score (nSPS) is 25.1. The maximum atomic E-state index is 15.0. The first-order valence-corrected chi connectivity index (χ1v) is 9.09. The van der Waals surface area contributed by atoms with E-state index in [1.165, 1.54) is 7.05 Å². The summed E-state index contributed by atoms with van der Waals surface area (Å²) in [6.45, 7) is 0.318. The summed E-state index contributed by atoms with van der Waals surface area (Å²) in [5.41, 5.74) is 1.20. The molecule has 0 aliphatic carbocycles. The van der Waals surface area contributed by atoms with Gasteiger partial charge in [-0.05, 0) is 17.7 Å². The van der Waals surface area contributed by atoms with Crippen LogP contribution in [0.3, 0.4) is 0 Å². The van der Waals surface area contributed by atoms with Gasteiger partial charge in [-0.3, -0.25) is 9.69 Å². The lowest BCUT2D eigenvalue weighted by Gasteiger charge is -2.42. The summed E-state index contributed by atoms with van der Waals surface area (Å²) in [5, 5.41) is 12.8. The van der Waals surface area contributed by atoms with Gasteiger partial charge in [0, 0.05) is 20.1 Å². The summed E-state index contributed by atoms with van der Waals surface area (Å²) >= 11 is 0. The van der Waals surface area contributed by atoms with Crippen LogP contribution in [0.25, 0.3) is 0 Å². The van der Waals surface area contributed by atoms with Crippen LogP contribution < -0.4 is 5.32 Å². The smallest absolute Gasteiger partial charge is 0.338 e. The van der Waals surface area contributed by atoms with Crippen LogP contribution in [0.15, 0.2) is 60.7 Å². The lowest BCUT2D eigenvalue weighted by molar-refractivity contribution is -0.147. The molecule has 6 nitrogen and oxygen atoms in total. The maximum Gasteiger partial charge on any atom is 0.338 e. The molecular formula is C21H23FN2O4. The summed E-state index contributed by atoms with van der Waals surface area (Å²) < 4.78 is 20.4. The van der Waals surface area contributed by atoms with Crippen molar-refractivity contribution >= 4 is 11.9 Å². The quantitative estimate of drug-likeness (QED) is 0.763. The summed E-state index contributed by atoms with van der Waals surface area (Å²) in [4.78, 5) is 26.2. The molecule has 1 aliphatic rings. The molecule has 1 saturated heterocycles. The zero-order valence-electron chi connectivity index (χ0n) is 15.5. The largest absolute Gasteiger partial charge is 0.455 e. The van der Waals surface area contributed by atoms with Crippen molar-refractivity contribution in [1.82, 2.24) is 10.2 Å². The Hall–Kier alpha value is -2.77. The summed E-state index contributed by atoms with van der Waals surface area (Å²) in [6.07, 6.45) is -4.58. The van der Waals surface area contributed by atoms with E-state index in [9.17, 15) is 19.1 Å². The highest BCUT2D eigenvalue weighted by Crippen LogP contribution is 2.26. The molecule has 1 fully saturated rings. The number of hydrogen-bond acceptors (Lipinski definition) is 5. The predicted molar refractivity (Wildman–Crippen MR) is 101 cm³/mol. The van der Waals surface area contributed by atoms with Crippen LogP contribution in [0.2, 0.25) is 0 Å². The Morgan fingerprint density at radius 1 is 1.14 bits per heavy atom. The van der Waals surface area contributed by atoms with Crippen LogP contribution in [-0.4, -0.2) is 59.9 Å². The molecule has 7 heteroatoms. The van der Waals surface area contributed by atoms with Crippen molar-refractivity contribution in [2.24, 2.45) is 0 Å². The van der Waals surface area contributed by atoms with Gasteiger partial charge in [0.25, 0.3) is 0 Å². The monoisotopic (exact) mass is 386 g/mol. The number of alkyl halides is 1. The SMILES string of the molecule is CNC(=O)[C@@H]1[C@@H](F)[C@@H](O)[C@H](OC(=O)c2ccccc2)CN1Cc1ccccc1. The first-order valence-electron chi connectivity index (χ1n) is 9.09. The molecule has 0 unspecified atom stereocenters. The number of halogens is 1. The minimum Gasteiger partial charge on any atom is -0.455 e. The number of aliphatic hydroxyl groups excluding tert-OH is 1. The Labute approximate surface area is 162 Å². The highest BCUT2D eigenvalue weighted by Gasteiger charge is 2.48. The lowest BCUT2D eigenvalue weighted by Crippen LogP contribution is -2.64. The van der Waals surface area contributed by atoms with Crippen molar-refractivity contribution in [3.8, 4) is 0 Å². The van der Waals surface area contributed by atoms with E-state index in [0.29, 0.717) is 5.56 Å². The van der Waals surface area contributed by atoms with E-state index in [-0.39, 0.29) is 13.1 Å². The number of ether oxygens (including phenoxy) is 1.